The maximum Gasteiger partial charge on any atom is 0.0834 e. The summed E-state index contributed by atoms with van der Waals surface area (Å²) >= 11 is 0. The Bertz CT molecular complexity index is 288. The van der Waals surface area contributed by atoms with Crippen LogP contribution in [0.5, 0.6) is 0 Å². The first kappa shape index (κ1) is 18.7. The molecule has 1 fully saturated rings. The molecule has 0 aromatic rings. The molecule has 1 atom stereocenters. The summed E-state index contributed by atoms with van der Waals surface area (Å²) in [6.07, 6.45) is 13.2. The van der Waals surface area contributed by atoms with Crippen LogP contribution < -0.4 is 5.32 Å². The van der Waals surface area contributed by atoms with Crippen molar-refractivity contribution in [3.05, 3.63) is 12.7 Å². The highest BCUT2D eigenvalue weighted by Gasteiger charge is 2.43. The Balaban J connectivity index is 2.57. The molecule has 0 saturated heterocycles. The number of ether oxygens (including phenoxy) is 1. The predicted molar refractivity (Wildman–Crippen MR) is 92.7 cm³/mol. The van der Waals surface area contributed by atoms with Gasteiger partial charge in [-0.1, -0.05) is 32.8 Å². The average Bonchev–Trinajstić information content (AvgIpc) is 2.46. The third-order valence-corrected chi connectivity index (χ3v) is 5.27. The molecule has 0 amide bonds. The molecular formula is C19H37NO. The van der Waals surface area contributed by atoms with Crippen LogP contribution in [0.3, 0.4) is 0 Å². The van der Waals surface area contributed by atoms with Gasteiger partial charge in [0.2, 0.25) is 0 Å². The number of likely N-dealkylation sites (N-methyl/N-ethyl adjacent to an activating group) is 1. The first-order valence-electron chi connectivity index (χ1n) is 8.92. The number of hydrogen-bond donors (Lipinski definition) is 1. The van der Waals surface area contributed by atoms with E-state index in [4.69, 9.17) is 4.74 Å². The summed E-state index contributed by atoms with van der Waals surface area (Å²) in [6, 6.07) is 0.497. The normalized spacial score (nSPS) is 21.9. The van der Waals surface area contributed by atoms with Crippen molar-refractivity contribution in [1.29, 1.82) is 0 Å². The van der Waals surface area contributed by atoms with Crippen LogP contribution >= 0.6 is 0 Å². The van der Waals surface area contributed by atoms with E-state index in [1.54, 1.807) is 0 Å². The second-order valence-electron chi connectivity index (χ2n) is 7.43. The van der Waals surface area contributed by atoms with Crippen molar-refractivity contribution in [2.45, 2.75) is 90.2 Å². The standard InChI is InChI=1S/C19H37NO/c1-6-8-9-10-11-12-17(20-5)19(21-7-2)15-13-18(3,4)14-16-19/h6,17,20H,1,7-16H2,2-5H3. The molecule has 1 saturated carbocycles. The van der Waals surface area contributed by atoms with Gasteiger partial charge in [-0.3, -0.25) is 0 Å². The summed E-state index contributed by atoms with van der Waals surface area (Å²) in [7, 11) is 2.11. The largest absolute Gasteiger partial charge is 0.374 e. The third kappa shape index (κ3) is 5.75. The summed E-state index contributed by atoms with van der Waals surface area (Å²) < 4.78 is 6.32. The van der Waals surface area contributed by atoms with Gasteiger partial charge < -0.3 is 10.1 Å². The molecule has 0 spiro atoms. The Kier molecular flexibility index (Phi) is 7.97. The van der Waals surface area contributed by atoms with Crippen molar-refractivity contribution in [1.82, 2.24) is 5.32 Å². The highest BCUT2D eigenvalue weighted by molar-refractivity contribution is 4.98. The van der Waals surface area contributed by atoms with Crippen molar-refractivity contribution < 1.29 is 4.74 Å². The molecule has 2 nitrogen and oxygen atoms in total. The minimum absolute atomic E-state index is 0.0669. The van der Waals surface area contributed by atoms with Gasteiger partial charge in [0.05, 0.1) is 5.60 Å². The van der Waals surface area contributed by atoms with E-state index in [2.05, 4.69) is 39.7 Å². The molecule has 1 rings (SSSR count). The molecule has 124 valence electrons. The van der Waals surface area contributed by atoms with Gasteiger partial charge in [0.1, 0.15) is 0 Å². The molecule has 2 heteroatoms. The molecule has 0 aromatic heterocycles. The molecule has 1 aliphatic rings. The highest BCUT2D eigenvalue weighted by Crippen LogP contribution is 2.44. The Morgan fingerprint density at radius 1 is 1.14 bits per heavy atom. The number of unbranched alkanes of at least 4 members (excludes halogenated alkanes) is 3. The molecular weight excluding hydrogens is 258 g/mol. The molecule has 0 aromatic carbocycles. The molecule has 1 unspecified atom stereocenters. The van der Waals surface area contributed by atoms with E-state index in [0.717, 1.165) is 13.0 Å². The summed E-state index contributed by atoms with van der Waals surface area (Å²) in [6.45, 7) is 11.6. The lowest BCUT2D eigenvalue weighted by atomic mass is 9.67. The van der Waals surface area contributed by atoms with Gasteiger partial charge in [-0.2, -0.15) is 0 Å². The van der Waals surface area contributed by atoms with Crippen LogP contribution in [0.25, 0.3) is 0 Å². The van der Waals surface area contributed by atoms with Crippen molar-refractivity contribution in [2.75, 3.05) is 13.7 Å². The molecule has 0 bridgehead atoms. The Hall–Kier alpha value is -0.340. The fraction of sp³-hybridized carbons (Fsp3) is 0.895. The predicted octanol–water partition coefficient (Wildman–Crippen LogP) is 5.09. The maximum absolute atomic E-state index is 6.32. The van der Waals surface area contributed by atoms with Crippen LogP contribution in [0, 0.1) is 5.41 Å². The first-order valence-corrected chi connectivity index (χ1v) is 8.92. The summed E-state index contributed by atoms with van der Waals surface area (Å²) in [5.41, 5.74) is 0.556. The molecule has 0 radical (unpaired) electrons. The fourth-order valence-electron chi connectivity index (χ4n) is 3.72. The smallest absolute Gasteiger partial charge is 0.0834 e. The van der Waals surface area contributed by atoms with Crippen molar-refractivity contribution in [3.63, 3.8) is 0 Å². The Morgan fingerprint density at radius 3 is 2.33 bits per heavy atom. The van der Waals surface area contributed by atoms with Crippen LogP contribution in [0.1, 0.15) is 78.6 Å². The SMILES string of the molecule is C=CCCCCCC(NC)C1(OCC)CCC(C)(C)CC1. The molecule has 1 aliphatic carbocycles. The lowest BCUT2D eigenvalue weighted by Crippen LogP contribution is -2.54. The Morgan fingerprint density at radius 2 is 1.81 bits per heavy atom. The van der Waals surface area contributed by atoms with Crippen LogP contribution in [-0.4, -0.2) is 25.3 Å². The minimum Gasteiger partial charge on any atom is -0.374 e. The number of hydrogen-bond acceptors (Lipinski definition) is 2. The van der Waals surface area contributed by atoms with E-state index in [1.165, 1.54) is 51.4 Å². The number of allylic oxidation sites excluding steroid dienone is 1. The maximum atomic E-state index is 6.32. The molecule has 1 N–H and O–H groups in total. The minimum atomic E-state index is 0.0669. The van der Waals surface area contributed by atoms with Gasteiger partial charge in [0, 0.05) is 12.6 Å². The van der Waals surface area contributed by atoms with Gasteiger partial charge in [-0.15, -0.1) is 6.58 Å². The average molecular weight is 296 g/mol. The van der Waals surface area contributed by atoms with Crippen molar-refractivity contribution in [2.24, 2.45) is 5.41 Å². The summed E-state index contributed by atoms with van der Waals surface area (Å²) in [4.78, 5) is 0. The lowest BCUT2D eigenvalue weighted by Gasteiger charge is -2.47. The van der Waals surface area contributed by atoms with E-state index in [9.17, 15) is 0 Å². The third-order valence-electron chi connectivity index (χ3n) is 5.27. The highest BCUT2D eigenvalue weighted by atomic mass is 16.5. The van der Waals surface area contributed by atoms with Gasteiger partial charge in [-0.05, 0) is 64.3 Å². The van der Waals surface area contributed by atoms with Crippen LogP contribution in [0.15, 0.2) is 12.7 Å². The van der Waals surface area contributed by atoms with Crippen molar-refractivity contribution in [3.8, 4) is 0 Å². The quantitative estimate of drug-likeness (QED) is 0.448. The molecule has 21 heavy (non-hydrogen) atoms. The topological polar surface area (TPSA) is 21.3 Å². The number of rotatable bonds is 10. The van der Waals surface area contributed by atoms with Crippen molar-refractivity contribution >= 4 is 0 Å². The zero-order valence-electron chi connectivity index (χ0n) is 14.8. The second kappa shape index (κ2) is 8.95. The van der Waals surface area contributed by atoms with E-state index in [0.29, 0.717) is 11.5 Å². The molecule has 0 aliphatic heterocycles. The van der Waals surface area contributed by atoms with Crippen LogP contribution in [0.2, 0.25) is 0 Å². The van der Waals surface area contributed by atoms with E-state index < -0.39 is 0 Å². The zero-order chi connectivity index (χ0) is 15.8. The Labute approximate surface area is 132 Å². The van der Waals surface area contributed by atoms with E-state index in [-0.39, 0.29) is 5.60 Å². The first-order chi connectivity index (χ1) is 9.99. The van der Waals surface area contributed by atoms with Gasteiger partial charge >= 0.3 is 0 Å². The fourth-order valence-corrected chi connectivity index (χ4v) is 3.72. The zero-order valence-corrected chi connectivity index (χ0v) is 14.8. The lowest BCUT2D eigenvalue weighted by molar-refractivity contribution is -0.107. The van der Waals surface area contributed by atoms with Gasteiger partial charge in [0.15, 0.2) is 0 Å². The van der Waals surface area contributed by atoms with Crippen LogP contribution in [-0.2, 0) is 4.74 Å². The monoisotopic (exact) mass is 295 g/mol. The van der Waals surface area contributed by atoms with Gasteiger partial charge in [0.25, 0.3) is 0 Å². The summed E-state index contributed by atoms with van der Waals surface area (Å²) in [5.74, 6) is 0. The second-order valence-corrected chi connectivity index (χ2v) is 7.43. The van der Waals surface area contributed by atoms with Gasteiger partial charge in [-0.25, -0.2) is 0 Å². The van der Waals surface area contributed by atoms with Crippen LogP contribution in [0.4, 0.5) is 0 Å². The number of nitrogens with one attached hydrogen (secondary N) is 1. The van der Waals surface area contributed by atoms with E-state index in [1.807, 2.05) is 6.08 Å². The molecule has 0 heterocycles. The van der Waals surface area contributed by atoms with E-state index >= 15 is 0 Å². The summed E-state index contributed by atoms with van der Waals surface area (Å²) in [5, 5.41) is 3.57.